The summed E-state index contributed by atoms with van der Waals surface area (Å²) in [5, 5.41) is 8.79. The van der Waals surface area contributed by atoms with E-state index in [4.69, 9.17) is 10.8 Å². The van der Waals surface area contributed by atoms with Crippen molar-refractivity contribution < 1.29 is 27.1 Å². The van der Waals surface area contributed by atoms with Crippen molar-refractivity contribution in [2.75, 3.05) is 12.8 Å². The molecule has 1 aromatic rings. The van der Waals surface area contributed by atoms with Crippen LogP contribution in [-0.2, 0) is 14.6 Å². The highest BCUT2D eigenvalue weighted by Crippen LogP contribution is 2.24. The third-order valence-electron chi connectivity index (χ3n) is 2.33. The third kappa shape index (κ3) is 2.82. The maximum Gasteiger partial charge on any atom is 0.312 e. The molecule has 100 valence electrons. The van der Waals surface area contributed by atoms with E-state index in [-0.39, 0.29) is 12.1 Å². The SMILES string of the molecule is CS(=O)(=O)c1c(F)cc(C(CN)C(=O)O)cc1F. The molecule has 0 fully saturated rings. The molecule has 0 aliphatic carbocycles. The van der Waals surface area contributed by atoms with Gasteiger partial charge in [0.25, 0.3) is 0 Å². The van der Waals surface area contributed by atoms with Crippen molar-refractivity contribution in [2.24, 2.45) is 5.73 Å². The molecule has 8 heteroatoms. The highest BCUT2D eigenvalue weighted by Gasteiger charge is 2.25. The summed E-state index contributed by atoms with van der Waals surface area (Å²) in [5.74, 6) is -5.29. The van der Waals surface area contributed by atoms with Gasteiger partial charge in [0.2, 0.25) is 0 Å². The first-order valence-corrected chi connectivity index (χ1v) is 6.69. The van der Waals surface area contributed by atoms with Crippen molar-refractivity contribution in [3.05, 3.63) is 29.3 Å². The first-order chi connectivity index (χ1) is 8.18. The first kappa shape index (κ1) is 14.5. The van der Waals surface area contributed by atoms with Gasteiger partial charge < -0.3 is 10.8 Å². The van der Waals surface area contributed by atoms with Gasteiger partial charge in [-0.25, -0.2) is 17.2 Å². The zero-order valence-corrected chi connectivity index (χ0v) is 10.2. The van der Waals surface area contributed by atoms with Gasteiger partial charge in [-0.05, 0) is 17.7 Å². The average Bonchev–Trinajstić information content (AvgIpc) is 2.13. The molecule has 18 heavy (non-hydrogen) atoms. The van der Waals surface area contributed by atoms with E-state index in [9.17, 15) is 22.0 Å². The number of hydrogen-bond donors (Lipinski definition) is 2. The predicted molar refractivity (Wildman–Crippen MR) is 58.9 cm³/mol. The Bertz CT molecular complexity index is 563. The second-order valence-corrected chi connectivity index (χ2v) is 5.66. The molecule has 5 nitrogen and oxygen atoms in total. The minimum Gasteiger partial charge on any atom is -0.481 e. The summed E-state index contributed by atoms with van der Waals surface area (Å²) in [6, 6.07) is 1.34. The summed E-state index contributed by atoms with van der Waals surface area (Å²) in [5.41, 5.74) is 4.97. The van der Waals surface area contributed by atoms with Gasteiger partial charge in [0.05, 0.1) is 5.92 Å². The number of halogens is 2. The molecule has 0 aromatic heterocycles. The summed E-state index contributed by atoms with van der Waals surface area (Å²) in [6.45, 7) is -0.355. The second kappa shape index (κ2) is 4.99. The van der Waals surface area contributed by atoms with Crippen LogP contribution in [0.25, 0.3) is 0 Å². The largest absolute Gasteiger partial charge is 0.481 e. The van der Waals surface area contributed by atoms with E-state index < -0.39 is 38.3 Å². The standard InChI is InChI=1S/C10H11F2NO4S/c1-18(16,17)9-7(11)2-5(3-8(9)12)6(4-13)10(14)15/h2-3,6H,4,13H2,1H3,(H,14,15). The maximum atomic E-state index is 13.5. The topological polar surface area (TPSA) is 97.5 Å². The van der Waals surface area contributed by atoms with Gasteiger partial charge in [0.1, 0.15) is 16.5 Å². The maximum absolute atomic E-state index is 13.5. The molecule has 0 radical (unpaired) electrons. The number of sulfone groups is 1. The monoisotopic (exact) mass is 279 g/mol. The summed E-state index contributed by atoms with van der Waals surface area (Å²) >= 11 is 0. The van der Waals surface area contributed by atoms with E-state index in [0.717, 1.165) is 0 Å². The van der Waals surface area contributed by atoms with Crippen LogP contribution in [-0.4, -0.2) is 32.3 Å². The Morgan fingerprint density at radius 2 is 1.83 bits per heavy atom. The van der Waals surface area contributed by atoms with Crippen LogP contribution < -0.4 is 5.73 Å². The quantitative estimate of drug-likeness (QED) is 0.836. The molecule has 1 rings (SSSR count). The third-order valence-corrected chi connectivity index (χ3v) is 3.46. The van der Waals surface area contributed by atoms with Crippen LogP contribution >= 0.6 is 0 Å². The van der Waals surface area contributed by atoms with Gasteiger partial charge in [-0.15, -0.1) is 0 Å². The molecular weight excluding hydrogens is 268 g/mol. The van der Waals surface area contributed by atoms with Crippen LogP contribution in [0.2, 0.25) is 0 Å². The van der Waals surface area contributed by atoms with Gasteiger partial charge in [0, 0.05) is 12.8 Å². The molecule has 0 saturated carbocycles. The lowest BCUT2D eigenvalue weighted by molar-refractivity contribution is -0.138. The number of carbonyl (C=O) groups is 1. The molecule has 1 aromatic carbocycles. The Hall–Kier alpha value is -1.54. The molecule has 0 bridgehead atoms. The summed E-state index contributed by atoms with van der Waals surface area (Å²) in [4.78, 5) is 9.72. The molecule has 0 spiro atoms. The summed E-state index contributed by atoms with van der Waals surface area (Å²) in [6.07, 6.45) is 0.659. The van der Waals surface area contributed by atoms with Crippen molar-refractivity contribution in [1.82, 2.24) is 0 Å². The Morgan fingerprint density at radius 3 is 2.11 bits per heavy atom. The number of rotatable bonds is 4. The number of carboxylic acids is 1. The van der Waals surface area contributed by atoms with E-state index in [1.165, 1.54) is 0 Å². The fraction of sp³-hybridized carbons (Fsp3) is 0.300. The van der Waals surface area contributed by atoms with E-state index in [0.29, 0.717) is 18.4 Å². The molecule has 0 heterocycles. The zero-order chi connectivity index (χ0) is 14.1. The van der Waals surface area contributed by atoms with Crippen molar-refractivity contribution in [3.8, 4) is 0 Å². The first-order valence-electron chi connectivity index (χ1n) is 4.80. The van der Waals surface area contributed by atoms with Gasteiger partial charge >= 0.3 is 5.97 Å². The Labute approximate surface area is 102 Å². The zero-order valence-electron chi connectivity index (χ0n) is 9.35. The smallest absolute Gasteiger partial charge is 0.312 e. The Balaban J connectivity index is 3.44. The Morgan fingerprint density at radius 1 is 1.39 bits per heavy atom. The van der Waals surface area contributed by atoms with Crippen LogP contribution in [0.3, 0.4) is 0 Å². The lowest BCUT2D eigenvalue weighted by Crippen LogP contribution is -2.22. The molecule has 1 atom stereocenters. The fourth-order valence-corrected chi connectivity index (χ4v) is 2.34. The minimum atomic E-state index is -4.06. The summed E-state index contributed by atoms with van der Waals surface area (Å²) in [7, 11) is -4.06. The predicted octanol–water partition coefficient (Wildman–Crippen LogP) is 0.495. The molecule has 0 aliphatic rings. The number of aliphatic carboxylic acids is 1. The summed E-state index contributed by atoms with van der Waals surface area (Å²) < 4.78 is 49.3. The van der Waals surface area contributed by atoms with Crippen molar-refractivity contribution in [1.29, 1.82) is 0 Å². The van der Waals surface area contributed by atoms with E-state index >= 15 is 0 Å². The van der Waals surface area contributed by atoms with Crippen LogP contribution in [0.5, 0.6) is 0 Å². The van der Waals surface area contributed by atoms with Crippen molar-refractivity contribution in [2.45, 2.75) is 10.8 Å². The molecule has 0 amide bonds. The van der Waals surface area contributed by atoms with Crippen LogP contribution in [0.15, 0.2) is 17.0 Å². The minimum absolute atomic E-state index is 0.215. The van der Waals surface area contributed by atoms with E-state index in [1.54, 1.807) is 0 Å². The molecule has 1 unspecified atom stereocenters. The van der Waals surface area contributed by atoms with E-state index in [2.05, 4.69) is 0 Å². The van der Waals surface area contributed by atoms with E-state index in [1.807, 2.05) is 0 Å². The van der Waals surface area contributed by atoms with Crippen LogP contribution in [0, 0.1) is 11.6 Å². The highest BCUT2D eigenvalue weighted by molar-refractivity contribution is 7.90. The fourth-order valence-electron chi connectivity index (χ4n) is 1.51. The van der Waals surface area contributed by atoms with Crippen LogP contribution in [0.4, 0.5) is 8.78 Å². The second-order valence-electron chi connectivity index (χ2n) is 3.71. The van der Waals surface area contributed by atoms with Crippen molar-refractivity contribution in [3.63, 3.8) is 0 Å². The molecule has 3 N–H and O–H groups in total. The number of hydrogen-bond acceptors (Lipinski definition) is 4. The average molecular weight is 279 g/mol. The lowest BCUT2D eigenvalue weighted by Gasteiger charge is -2.12. The molecule has 0 aliphatic heterocycles. The van der Waals surface area contributed by atoms with Gasteiger partial charge in [-0.1, -0.05) is 0 Å². The normalized spacial score (nSPS) is 13.3. The van der Waals surface area contributed by atoms with Gasteiger partial charge in [-0.2, -0.15) is 0 Å². The van der Waals surface area contributed by atoms with Crippen molar-refractivity contribution >= 4 is 15.8 Å². The molecular formula is C10H11F2NO4S. The molecule has 0 saturated heterocycles. The lowest BCUT2D eigenvalue weighted by atomic mass is 9.99. The number of carboxylic acid groups (broad SMARTS) is 1. The Kier molecular flexibility index (Phi) is 4.02. The van der Waals surface area contributed by atoms with Gasteiger partial charge in [-0.3, -0.25) is 4.79 Å². The van der Waals surface area contributed by atoms with Crippen LogP contribution in [0.1, 0.15) is 11.5 Å². The van der Waals surface area contributed by atoms with Gasteiger partial charge in [0.15, 0.2) is 9.84 Å². The highest BCUT2D eigenvalue weighted by atomic mass is 32.2. The number of benzene rings is 1. The number of nitrogens with two attached hydrogens (primary N) is 1.